The summed E-state index contributed by atoms with van der Waals surface area (Å²) in [7, 11) is 1.19. The van der Waals surface area contributed by atoms with Crippen molar-refractivity contribution in [3.8, 4) is 0 Å². The molecule has 0 fully saturated rings. The third-order valence-corrected chi connectivity index (χ3v) is 2.03. The Kier molecular flexibility index (Phi) is 4.54. The predicted octanol–water partition coefficient (Wildman–Crippen LogP) is 1.69. The molecule has 0 amide bonds. The zero-order chi connectivity index (χ0) is 12.8. The molecule has 0 bridgehead atoms. The number of methoxy groups -OCH3 is 1. The van der Waals surface area contributed by atoms with E-state index in [9.17, 15) is 9.59 Å². The van der Waals surface area contributed by atoms with Gasteiger partial charge >= 0.3 is 11.9 Å². The number of hydroxylamine groups is 1. The lowest BCUT2D eigenvalue weighted by Gasteiger charge is -2.07. The maximum atomic E-state index is 11.5. The fraction of sp³-hybridized carbons (Fsp3) is 0.0909. The fourth-order valence-corrected chi connectivity index (χ4v) is 1.04. The highest BCUT2D eigenvalue weighted by Gasteiger charge is 2.11. The van der Waals surface area contributed by atoms with Gasteiger partial charge in [-0.25, -0.2) is 15.1 Å². The molecule has 0 atom stereocenters. The van der Waals surface area contributed by atoms with Gasteiger partial charge in [-0.3, -0.25) is 0 Å². The smallest absolute Gasteiger partial charge is 0.362 e. The minimum absolute atomic E-state index is 0.171. The van der Waals surface area contributed by atoms with Crippen LogP contribution in [-0.2, 0) is 14.4 Å². The lowest BCUT2D eigenvalue weighted by molar-refractivity contribution is -0.137. The van der Waals surface area contributed by atoms with Crippen molar-refractivity contribution in [1.29, 1.82) is 0 Å². The Hall–Kier alpha value is -2.01. The quantitative estimate of drug-likeness (QED) is 0.504. The van der Waals surface area contributed by atoms with E-state index in [2.05, 4.69) is 21.6 Å². The zero-order valence-electron chi connectivity index (χ0n) is 9.03. The Balaban J connectivity index is 2.53. The molecule has 0 aliphatic carbocycles. The number of ether oxygens (including phenoxy) is 1. The van der Waals surface area contributed by atoms with E-state index in [4.69, 9.17) is 11.6 Å². The van der Waals surface area contributed by atoms with Crippen LogP contribution in [0.4, 0.5) is 0 Å². The van der Waals surface area contributed by atoms with Crippen molar-refractivity contribution in [3.63, 3.8) is 0 Å². The van der Waals surface area contributed by atoms with Gasteiger partial charge in [0.2, 0.25) is 0 Å². The number of hydrogen-bond donors (Lipinski definition) is 1. The second kappa shape index (κ2) is 5.91. The van der Waals surface area contributed by atoms with Gasteiger partial charge in [-0.2, -0.15) is 0 Å². The Labute approximate surface area is 103 Å². The monoisotopic (exact) mass is 255 g/mol. The molecule has 0 aromatic heterocycles. The Morgan fingerprint density at radius 1 is 1.29 bits per heavy atom. The first kappa shape index (κ1) is 13.1. The van der Waals surface area contributed by atoms with Gasteiger partial charge in [0.05, 0.1) is 12.7 Å². The van der Waals surface area contributed by atoms with Crippen LogP contribution in [0, 0.1) is 0 Å². The van der Waals surface area contributed by atoms with Crippen LogP contribution in [0.15, 0.2) is 36.5 Å². The second-order valence-corrected chi connectivity index (χ2v) is 3.41. The topological polar surface area (TPSA) is 64.6 Å². The number of halogens is 1. The van der Waals surface area contributed by atoms with Crippen LogP contribution in [-0.4, -0.2) is 19.0 Å². The number of esters is 1. The Morgan fingerprint density at radius 3 is 2.41 bits per heavy atom. The van der Waals surface area contributed by atoms with Gasteiger partial charge in [0, 0.05) is 5.02 Å². The molecule has 17 heavy (non-hydrogen) atoms. The first-order valence-corrected chi connectivity index (χ1v) is 4.92. The van der Waals surface area contributed by atoms with Gasteiger partial charge in [-0.05, 0) is 24.3 Å². The van der Waals surface area contributed by atoms with Gasteiger partial charge in [0.1, 0.15) is 5.70 Å². The van der Waals surface area contributed by atoms with Crippen molar-refractivity contribution < 1.29 is 19.2 Å². The molecule has 1 aromatic carbocycles. The minimum Gasteiger partial charge on any atom is -0.464 e. The van der Waals surface area contributed by atoms with E-state index in [0.29, 0.717) is 10.6 Å². The van der Waals surface area contributed by atoms with E-state index in [0.717, 1.165) is 0 Å². The molecule has 0 saturated carbocycles. The summed E-state index contributed by atoms with van der Waals surface area (Å²) in [5.41, 5.74) is 2.21. The highest BCUT2D eigenvalue weighted by molar-refractivity contribution is 6.30. The zero-order valence-corrected chi connectivity index (χ0v) is 9.78. The van der Waals surface area contributed by atoms with E-state index >= 15 is 0 Å². The normalized spacial score (nSPS) is 9.29. The Bertz CT molecular complexity index is 441. The van der Waals surface area contributed by atoms with Crippen molar-refractivity contribution in [2.75, 3.05) is 7.11 Å². The molecule has 90 valence electrons. The molecule has 1 rings (SSSR count). The lowest BCUT2D eigenvalue weighted by Crippen LogP contribution is -2.24. The highest BCUT2D eigenvalue weighted by atomic mass is 35.5. The predicted molar refractivity (Wildman–Crippen MR) is 61.2 cm³/mol. The molecular formula is C11H10ClNO4. The molecule has 0 unspecified atom stereocenters. The summed E-state index contributed by atoms with van der Waals surface area (Å²) in [6, 6.07) is 6.08. The summed E-state index contributed by atoms with van der Waals surface area (Å²) in [4.78, 5) is 27.0. The number of rotatable bonds is 4. The summed E-state index contributed by atoms with van der Waals surface area (Å²) in [5, 5.41) is 0.508. The van der Waals surface area contributed by atoms with Crippen molar-refractivity contribution in [3.05, 3.63) is 47.1 Å². The maximum Gasteiger partial charge on any atom is 0.362 e. The summed E-state index contributed by atoms with van der Waals surface area (Å²) < 4.78 is 4.36. The van der Waals surface area contributed by atoms with E-state index in [-0.39, 0.29) is 5.70 Å². The molecule has 5 nitrogen and oxygen atoms in total. The number of benzene rings is 1. The maximum absolute atomic E-state index is 11.5. The molecular weight excluding hydrogens is 246 g/mol. The van der Waals surface area contributed by atoms with Crippen LogP contribution in [0.25, 0.3) is 0 Å². The SMILES string of the molecule is C=C(NOC(=O)c1ccc(Cl)cc1)C(=O)OC. The van der Waals surface area contributed by atoms with Crippen LogP contribution >= 0.6 is 11.6 Å². The van der Waals surface area contributed by atoms with Crippen LogP contribution in [0.2, 0.25) is 5.02 Å². The summed E-state index contributed by atoms with van der Waals surface area (Å²) in [6.45, 7) is 3.32. The first-order chi connectivity index (χ1) is 8.04. The van der Waals surface area contributed by atoms with E-state index in [1.165, 1.54) is 19.2 Å². The van der Waals surface area contributed by atoms with Gasteiger partial charge in [0.15, 0.2) is 0 Å². The molecule has 0 spiro atoms. The molecule has 0 aliphatic rings. The number of carbonyl (C=O) groups is 2. The molecule has 1 N–H and O–H groups in total. The van der Waals surface area contributed by atoms with E-state index in [1.54, 1.807) is 12.1 Å². The van der Waals surface area contributed by atoms with Gasteiger partial charge in [-0.1, -0.05) is 18.2 Å². The van der Waals surface area contributed by atoms with Crippen LogP contribution in [0.5, 0.6) is 0 Å². The fourth-order valence-electron chi connectivity index (χ4n) is 0.918. The van der Waals surface area contributed by atoms with E-state index in [1.807, 2.05) is 0 Å². The largest absolute Gasteiger partial charge is 0.464 e. The molecule has 0 saturated heterocycles. The summed E-state index contributed by atoms with van der Waals surface area (Å²) >= 11 is 5.66. The van der Waals surface area contributed by atoms with Crippen LogP contribution in [0.3, 0.4) is 0 Å². The molecule has 1 aromatic rings. The van der Waals surface area contributed by atoms with Gasteiger partial charge in [-0.15, -0.1) is 0 Å². The van der Waals surface area contributed by atoms with Crippen molar-refractivity contribution >= 4 is 23.5 Å². The Morgan fingerprint density at radius 2 is 1.88 bits per heavy atom. The van der Waals surface area contributed by atoms with Gasteiger partial charge in [0.25, 0.3) is 0 Å². The third kappa shape index (κ3) is 3.81. The molecule has 0 radical (unpaired) electrons. The second-order valence-electron chi connectivity index (χ2n) is 2.97. The highest BCUT2D eigenvalue weighted by Crippen LogP contribution is 2.10. The molecule has 0 heterocycles. The average molecular weight is 256 g/mol. The summed E-state index contributed by atoms with van der Waals surface area (Å²) in [5.74, 6) is -1.37. The molecule has 6 heteroatoms. The number of nitrogens with one attached hydrogen (secondary N) is 1. The van der Waals surface area contributed by atoms with E-state index < -0.39 is 11.9 Å². The van der Waals surface area contributed by atoms with Crippen molar-refractivity contribution in [1.82, 2.24) is 5.48 Å². The van der Waals surface area contributed by atoms with Gasteiger partial charge < -0.3 is 9.57 Å². The van der Waals surface area contributed by atoms with Crippen LogP contribution in [0.1, 0.15) is 10.4 Å². The number of carbonyl (C=O) groups excluding carboxylic acids is 2. The first-order valence-electron chi connectivity index (χ1n) is 4.54. The summed E-state index contributed by atoms with van der Waals surface area (Å²) in [6.07, 6.45) is 0. The third-order valence-electron chi connectivity index (χ3n) is 1.78. The molecule has 0 aliphatic heterocycles. The van der Waals surface area contributed by atoms with Crippen molar-refractivity contribution in [2.24, 2.45) is 0 Å². The number of hydrogen-bond acceptors (Lipinski definition) is 5. The van der Waals surface area contributed by atoms with Crippen molar-refractivity contribution in [2.45, 2.75) is 0 Å². The average Bonchev–Trinajstić information content (AvgIpc) is 2.35. The lowest BCUT2D eigenvalue weighted by atomic mass is 10.2. The minimum atomic E-state index is -0.714. The standard InChI is InChI=1S/C11H10ClNO4/c1-7(10(14)16-2)13-17-11(15)8-3-5-9(12)6-4-8/h3-6,13H,1H2,2H3. The van der Waals surface area contributed by atoms with Crippen LogP contribution < -0.4 is 5.48 Å².